The third-order valence-electron chi connectivity index (χ3n) is 9.10. The predicted octanol–water partition coefficient (Wildman–Crippen LogP) is 3.21. The van der Waals surface area contributed by atoms with E-state index >= 15 is 0 Å². The molecule has 3 heterocycles. The first-order valence-corrected chi connectivity index (χ1v) is 16.9. The average Bonchev–Trinajstić information content (AvgIpc) is 3.58. The molecule has 0 aromatic heterocycles. The number of ether oxygens (including phenoxy) is 2. The van der Waals surface area contributed by atoms with Crippen LogP contribution in [0.4, 0.5) is 0 Å². The zero-order valence-corrected chi connectivity index (χ0v) is 25.9. The van der Waals surface area contributed by atoms with E-state index in [2.05, 4.69) is 21.6 Å². The highest BCUT2D eigenvalue weighted by Gasteiger charge is 2.40. The first-order chi connectivity index (χ1) is 20.8. The number of carbonyl (C=O) groups is 2. The number of hydrogen-bond donors (Lipinski definition) is 2. The van der Waals surface area contributed by atoms with Crippen molar-refractivity contribution in [3.8, 4) is 11.5 Å². The fourth-order valence-corrected chi connectivity index (χ4v) is 8.01. The third-order valence-corrected chi connectivity index (χ3v) is 11.0. The van der Waals surface area contributed by atoms with Crippen LogP contribution in [0.15, 0.2) is 47.4 Å². The monoisotopic (exact) mass is 612 g/mol. The molecule has 0 aliphatic carbocycles. The van der Waals surface area contributed by atoms with E-state index in [4.69, 9.17) is 9.47 Å². The van der Waals surface area contributed by atoms with Crippen molar-refractivity contribution in [3.63, 3.8) is 0 Å². The summed E-state index contributed by atoms with van der Waals surface area (Å²) >= 11 is 0. The Hall–Kier alpha value is -3.15. The molecule has 10 nitrogen and oxygen atoms in total. The normalized spacial score (nSPS) is 20.3. The first-order valence-electron chi connectivity index (χ1n) is 15.5. The molecule has 234 valence electrons. The Morgan fingerprint density at radius 2 is 1.79 bits per heavy atom. The van der Waals surface area contributed by atoms with Gasteiger partial charge in [-0.1, -0.05) is 24.6 Å². The standard InChI is InChI=1S/C32H44N4O6S/c1-41-29-12-11-26(43(39,40)36-18-6-7-19-36)24-27(29)30(37)33-16-22-35-20-14-32(15-21-35)13-5-4-9-25-8-2-3-10-28(25)42-23-17-34-31(32)38/h2-3,8,10-12,24H,4-7,9,13-23H2,1H3,(H,33,37)(H,34,38). The molecular formula is C32H44N4O6S. The van der Waals surface area contributed by atoms with E-state index in [9.17, 15) is 18.0 Å². The van der Waals surface area contributed by atoms with E-state index in [1.54, 1.807) is 6.07 Å². The van der Waals surface area contributed by atoms with Crippen LogP contribution in [0.2, 0.25) is 0 Å². The summed E-state index contributed by atoms with van der Waals surface area (Å²) in [4.78, 5) is 28.9. The molecule has 2 N–H and O–H groups in total. The molecule has 0 unspecified atom stereocenters. The van der Waals surface area contributed by atoms with Gasteiger partial charge in [0.2, 0.25) is 15.9 Å². The highest BCUT2D eigenvalue weighted by molar-refractivity contribution is 7.89. The maximum absolute atomic E-state index is 13.4. The number of rotatable bonds is 7. The number of hydrogen-bond acceptors (Lipinski definition) is 7. The van der Waals surface area contributed by atoms with Crippen LogP contribution in [0.1, 0.15) is 60.9 Å². The minimum atomic E-state index is -3.65. The number of benzene rings is 2. The van der Waals surface area contributed by atoms with Gasteiger partial charge in [0, 0.05) is 26.2 Å². The average molecular weight is 613 g/mol. The Kier molecular flexibility index (Phi) is 10.2. The SMILES string of the molecule is COc1ccc(S(=O)(=O)N2CCCC2)cc1C(=O)NCCN1CCC2(CCCCc3ccccc3OCCNC2=O)CC1. The van der Waals surface area contributed by atoms with Crippen LogP contribution in [0.3, 0.4) is 0 Å². The van der Waals surface area contributed by atoms with E-state index in [-0.39, 0.29) is 27.7 Å². The van der Waals surface area contributed by atoms with Crippen molar-refractivity contribution < 1.29 is 27.5 Å². The maximum Gasteiger partial charge on any atom is 0.255 e. The third kappa shape index (κ3) is 7.33. The quantitative estimate of drug-likeness (QED) is 0.493. The highest BCUT2D eigenvalue weighted by Crippen LogP contribution is 2.37. The van der Waals surface area contributed by atoms with Crippen LogP contribution in [0, 0.1) is 5.41 Å². The molecule has 0 radical (unpaired) electrons. The van der Waals surface area contributed by atoms with Gasteiger partial charge in [0.25, 0.3) is 5.91 Å². The second-order valence-corrected chi connectivity index (χ2v) is 13.7. The number of piperidine rings is 1. The van der Waals surface area contributed by atoms with Gasteiger partial charge in [-0.2, -0.15) is 4.31 Å². The van der Waals surface area contributed by atoms with Gasteiger partial charge in [-0.15, -0.1) is 0 Å². The molecule has 2 saturated heterocycles. The summed E-state index contributed by atoms with van der Waals surface area (Å²) in [6, 6.07) is 12.6. The van der Waals surface area contributed by atoms with Crippen molar-refractivity contribution in [2.24, 2.45) is 5.41 Å². The lowest BCUT2D eigenvalue weighted by molar-refractivity contribution is -0.134. The van der Waals surface area contributed by atoms with Crippen LogP contribution in [-0.2, 0) is 21.2 Å². The summed E-state index contributed by atoms with van der Waals surface area (Å²) in [5, 5.41) is 6.07. The van der Waals surface area contributed by atoms with Crippen LogP contribution >= 0.6 is 0 Å². The van der Waals surface area contributed by atoms with Gasteiger partial charge in [0.15, 0.2) is 0 Å². The fraction of sp³-hybridized carbons (Fsp3) is 0.562. The molecule has 0 saturated carbocycles. The minimum absolute atomic E-state index is 0.104. The number of nitrogens with one attached hydrogen (secondary N) is 2. The number of amides is 2. The molecule has 0 bridgehead atoms. The van der Waals surface area contributed by atoms with Crippen molar-refractivity contribution >= 4 is 21.8 Å². The van der Waals surface area contributed by atoms with Crippen LogP contribution in [-0.4, -0.2) is 89.0 Å². The maximum atomic E-state index is 13.4. The zero-order chi connectivity index (χ0) is 30.3. The number of sulfonamides is 1. The molecule has 3 aliphatic rings. The molecule has 11 heteroatoms. The summed E-state index contributed by atoms with van der Waals surface area (Å²) in [5.74, 6) is 0.992. The van der Waals surface area contributed by atoms with Gasteiger partial charge in [0.1, 0.15) is 18.1 Å². The van der Waals surface area contributed by atoms with E-state index < -0.39 is 10.0 Å². The Morgan fingerprint density at radius 1 is 1.02 bits per heavy atom. The Balaban J connectivity index is 1.14. The van der Waals surface area contributed by atoms with Crippen molar-refractivity contribution in [3.05, 3.63) is 53.6 Å². The Morgan fingerprint density at radius 3 is 2.56 bits per heavy atom. The van der Waals surface area contributed by atoms with Crippen molar-refractivity contribution in [1.29, 1.82) is 0 Å². The molecule has 5 rings (SSSR count). The fourth-order valence-electron chi connectivity index (χ4n) is 6.46. The van der Waals surface area contributed by atoms with Gasteiger partial charge >= 0.3 is 0 Å². The molecule has 2 amide bonds. The smallest absolute Gasteiger partial charge is 0.255 e. The Labute approximate surface area is 255 Å². The van der Waals surface area contributed by atoms with Gasteiger partial charge in [-0.05, 0) is 87.9 Å². The topological polar surface area (TPSA) is 117 Å². The van der Waals surface area contributed by atoms with Crippen molar-refractivity contribution in [1.82, 2.24) is 19.8 Å². The molecule has 2 fully saturated rings. The number of likely N-dealkylation sites (tertiary alicyclic amines) is 1. The van der Waals surface area contributed by atoms with Crippen LogP contribution in [0.25, 0.3) is 0 Å². The first kappa shape index (κ1) is 31.3. The second kappa shape index (κ2) is 14.1. The van der Waals surface area contributed by atoms with Crippen LogP contribution in [0.5, 0.6) is 11.5 Å². The number of carbonyl (C=O) groups excluding carboxylic acids is 2. The van der Waals surface area contributed by atoms with E-state index in [0.717, 1.165) is 70.2 Å². The van der Waals surface area contributed by atoms with Gasteiger partial charge in [-0.3, -0.25) is 9.59 Å². The molecular weight excluding hydrogens is 568 g/mol. The largest absolute Gasteiger partial charge is 0.496 e. The van der Waals surface area contributed by atoms with Crippen molar-refractivity contribution in [2.45, 2.75) is 56.3 Å². The molecule has 3 aliphatic heterocycles. The number of para-hydroxylation sites is 1. The lowest BCUT2D eigenvalue weighted by Gasteiger charge is -2.41. The van der Waals surface area contributed by atoms with Gasteiger partial charge in [0.05, 0.1) is 29.5 Å². The van der Waals surface area contributed by atoms with E-state index in [0.29, 0.717) is 45.1 Å². The molecule has 2 aromatic rings. The Bertz CT molecular complexity index is 1380. The lowest BCUT2D eigenvalue weighted by Crippen LogP contribution is -2.50. The molecule has 1 spiro atoms. The number of fused-ring (bicyclic) bond motifs is 1. The summed E-state index contributed by atoms with van der Waals surface area (Å²) < 4.78 is 38.9. The second-order valence-electron chi connectivity index (χ2n) is 11.8. The lowest BCUT2D eigenvalue weighted by atomic mass is 9.73. The minimum Gasteiger partial charge on any atom is -0.496 e. The summed E-state index contributed by atoms with van der Waals surface area (Å²) in [6.07, 6.45) is 7.02. The van der Waals surface area contributed by atoms with E-state index in [1.807, 2.05) is 18.2 Å². The number of nitrogens with zero attached hydrogens (tertiary/aromatic N) is 2. The molecule has 43 heavy (non-hydrogen) atoms. The summed E-state index contributed by atoms with van der Waals surface area (Å²) in [5.41, 5.74) is 1.04. The van der Waals surface area contributed by atoms with Gasteiger partial charge < -0.3 is 25.0 Å². The van der Waals surface area contributed by atoms with Crippen molar-refractivity contribution in [2.75, 3.05) is 59.5 Å². The zero-order valence-electron chi connectivity index (χ0n) is 25.1. The van der Waals surface area contributed by atoms with Crippen LogP contribution < -0.4 is 20.1 Å². The van der Waals surface area contributed by atoms with Gasteiger partial charge in [-0.25, -0.2) is 8.42 Å². The predicted molar refractivity (Wildman–Crippen MR) is 164 cm³/mol. The molecule has 2 aromatic carbocycles. The molecule has 0 atom stereocenters. The van der Waals surface area contributed by atoms with E-state index in [1.165, 1.54) is 29.1 Å². The summed E-state index contributed by atoms with van der Waals surface area (Å²) in [7, 11) is -2.18. The summed E-state index contributed by atoms with van der Waals surface area (Å²) in [6.45, 7) is 4.51. The number of aryl methyl sites for hydroxylation is 1. The number of methoxy groups -OCH3 is 1. The highest BCUT2D eigenvalue weighted by atomic mass is 32.2.